The summed E-state index contributed by atoms with van der Waals surface area (Å²) in [6.45, 7) is 2.14. The molecule has 11 heteroatoms. The van der Waals surface area contributed by atoms with Gasteiger partial charge in [-0.1, -0.05) is 11.2 Å². The van der Waals surface area contributed by atoms with E-state index in [2.05, 4.69) is 15.5 Å². The van der Waals surface area contributed by atoms with Crippen LogP contribution in [0.1, 0.15) is 11.3 Å². The number of sulfonamides is 1. The zero-order chi connectivity index (χ0) is 21.7. The third-order valence-electron chi connectivity index (χ3n) is 4.91. The van der Waals surface area contributed by atoms with E-state index in [-0.39, 0.29) is 11.6 Å². The standard InChI is InChI=1S/C19H27FN6O3S/c1-21-19(22-13-15-4-5-18(24(2)3)17(20)12-15)25-7-9-26(10-8-25)30(27,28)14-16-6-11-29-23-16/h4-6,11-12H,7-10,13-14H2,1-3H3,(H,21,22). The third-order valence-corrected chi connectivity index (χ3v) is 6.72. The van der Waals surface area contributed by atoms with Crippen molar-refractivity contribution in [2.24, 2.45) is 4.99 Å². The fourth-order valence-electron chi connectivity index (χ4n) is 3.30. The zero-order valence-corrected chi connectivity index (χ0v) is 18.2. The number of guanidine groups is 1. The van der Waals surface area contributed by atoms with E-state index in [1.807, 2.05) is 11.0 Å². The van der Waals surface area contributed by atoms with E-state index in [1.54, 1.807) is 38.2 Å². The van der Waals surface area contributed by atoms with Gasteiger partial charge in [-0.15, -0.1) is 0 Å². The van der Waals surface area contributed by atoms with E-state index in [1.165, 1.54) is 16.6 Å². The molecule has 2 heterocycles. The summed E-state index contributed by atoms with van der Waals surface area (Å²) < 4.78 is 45.5. The number of nitrogens with zero attached hydrogens (tertiary/aromatic N) is 5. The number of piperazine rings is 1. The molecule has 0 spiro atoms. The van der Waals surface area contributed by atoms with Crippen LogP contribution in [0, 0.1) is 5.82 Å². The second-order valence-corrected chi connectivity index (χ2v) is 9.18. The van der Waals surface area contributed by atoms with Crippen LogP contribution in [0.15, 0.2) is 40.0 Å². The summed E-state index contributed by atoms with van der Waals surface area (Å²) in [5, 5.41) is 6.90. The van der Waals surface area contributed by atoms with Crippen molar-refractivity contribution >= 4 is 21.7 Å². The summed E-state index contributed by atoms with van der Waals surface area (Å²) in [5.74, 6) is 0.200. The Morgan fingerprint density at radius 2 is 2.00 bits per heavy atom. The highest BCUT2D eigenvalue weighted by molar-refractivity contribution is 7.88. The van der Waals surface area contributed by atoms with Gasteiger partial charge in [-0.25, -0.2) is 12.8 Å². The maximum absolute atomic E-state index is 14.2. The Labute approximate surface area is 176 Å². The molecule has 0 unspecified atom stereocenters. The topological polar surface area (TPSA) is 94.3 Å². The number of anilines is 1. The summed E-state index contributed by atoms with van der Waals surface area (Å²) in [4.78, 5) is 8.00. The van der Waals surface area contributed by atoms with Gasteiger partial charge in [-0.05, 0) is 17.7 Å². The first-order valence-corrected chi connectivity index (χ1v) is 11.2. The van der Waals surface area contributed by atoms with Crippen molar-refractivity contribution in [2.45, 2.75) is 12.3 Å². The fraction of sp³-hybridized carbons (Fsp3) is 0.474. The molecule has 164 valence electrons. The third kappa shape index (κ3) is 5.28. The summed E-state index contributed by atoms with van der Waals surface area (Å²) in [6, 6.07) is 6.66. The van der Waals surface area contributed by atoms with Crippen LogP contribution in [-0.4, -0.2) is 76.1 Å². The summed E-state index contributed by atoms with van der Waals surface area (Å²) in [6.07, 6.45) is 1.36. The van der Waals surface area contributed by atoms with Gasteiger partial charge in [-0.3, -0.25) is 4.99 Å². The number of aromatic nitrogens is 1. The van der Waals surface area contributed by atoms with Gasteiger partial charge in [0.2, 0.25) is 10.0 Å². The number of aliphatic imine (C=N–C) groups is 1. The molecule has 1 aliphatic heterocycles. The highest BCUT2D eigenvalue weighted by atomic mass is 32.2. The lowest BCUT2D eigenvalue weighted by Gasteiger charge is -2.35. The first-order chi connectivity index (χ1) is 14.3. The Bertz CT molecular complexity index is 970. The molecule has 1 aliphatic rings. The van der Waals surface area contributed by atoms with Gasteiger partial charge in [-0.2, -0.15) is 4.31 Å². The van der Waals surface area contributed by atoms with Crippen LogP contribution in [0.25, 0.3) is 0 Å². The average Bonchev–Trinajstić information content (AvgIpc) is 3.21. The van der Waals surface area contributed by atoms with Crippen molar-refractivity contribution in [2.75, 3.05) is 52.2 Å². The van der Waals surface area contributed by atoms with Gasteiger partial charge < -0.3 is 19.6 Å². The minimum absolute atomic E-state index is 0.176. The van der Waals surface area contributed by atoms with Gasteiger partial charge in [0.25, 0.3) is 0 Å². The fourth-order valence-corrected chi connectivity index (χ4v) is 4.73. The van der Waals surface area contributed by atoms with E-state index < -0.39 is 10.0 Å². The Morgan fingerprint density at radius 1 is 1.27 bits per heavy atom. The molecule has 0 radical (unpaired) electrons. The lowest BCUT2D eigenvalue weighted by molar-refractivity contribution is 0.259. The molecular formula is C19H27FN6O3S. The van der Waals surface area contributed by atoms with Gasteiger partial charge in [0.15, 0.2) is 5.96 Å². The number of rotatable bonds is 6. The molecule has 2 aromatic rings. The van der Waals surface area contributed by atoms with Crippen LogP contribution < -0.4 is 10.2 Å². The van der Waals surface area contributed by atoms with Crippen molar-refractivity contribution in [3.05, 3.63) is 47.6 Å². The van der Waals surface area contributed by atoms with Crippen molar-refractivity contribution < 1.29 is 17.3 Å². The van der Waals surface area contributed by atoms with E-state index in [9.17, 15) is 12.8 Å². The monoisotopic (exact) mass is 438 g/mol. The highest BCUT2D eigenvalue weighted by Crippen LogP contribution is 2.18. The van der Waals surface area contributed by atoms with Gasteiger partial charge in [0, 0.05) is 59.9 Å². The van der Waals surface area contributed by atoms with Crippen LogP contribution in [0.2, 0.25) is 0 Å². The molecular weight excluding hydrogens is 411 g/mol. The maximum atomic E-state index is 14.2. The smallest absolute Gasteiger partial charge is 0.220 e. The molecule has 1 aromatic carbocycles. The van der Waals surface area contributed by atoms with Crippen LogP contribution in [0.5, 0.6) is 0 Å². The SMILES string of the molecule is CN=C(NCc1ccc(N(C)C)c(F)c1)N1CCN(S(=O)(=O)Cc2ccon2)CC1. The molecule has 1 fully saturated rings. The number of hydrogen-bond donors (Lipinski definition) is 1. The van der Waals surface area contributed by atoms with Gasteiger partial charge in [0.1, 0.15) is 17.8 Å². The number of benzene rings is 1. The van der Waals surface area contributed by atoms with E-state index in [0.29, 0.717) is 50.1 Å². The lowest BCUT2D eigenvalue weighted by atomic mass is 10.2. The van der Waals surface area contributed by atoms with Crippen LogP contribution in [0.3, 0.4) is 0 Å². The summed E-state index contributed by atoms with van der Waals surface area (Å²) in [5.41, 5.74) is 1.72. The molecule has 0 aliphatic carbocycles. The summed E-state index contributed by atoms with van der Waals surface area (Å²) in [7, 11) is 1.81. The molecule has 0 amide bonds. The highest BCUT2D eigenvalue weighted by Gasteiger charge is 2.29. The first kappa shape index (κ1) is 22.0. The molecule has 0 bridgehead atoms. The van der Waals surface area contributed by atoms with E-state index in [0.717, 1.165) is 5.56 Å². The second-order valence-electron chi connectivity index (χ2n) is 7.21. The van der Waals surface area contributed by atoms with Crippen LogP contribution >= 0.6 is 0 Å². The average molecular weight is 439 g/mol. The Kier molecular flexibility index (Phi) is 6.93. The minimum atomic E-state index is -3.46. The van der Waals surface area contributed by atoms with Crippen molar-refractivity contribution in [1.29, 1.82) is 0 Å². The lowest BCUT2D eigenvalue weighted by Crippen LogP contribution is -2.53. The minimum Gasteiger partial charge on any atom is -0.375 e. The summed E-state index contributed by atoms with van der Waals surface area (Å²) >= 11 is 0. The maximum Gasteiger partial charge on any atom is 0.220 e. The molecule has 1 saturated heterocycles. The zero-order valence-electron chi connectivity index (χ0n) is 17.4. The quantitative estimate of drug-likeness (QED) is 0.533. The van der Waals surface area contributed by atoms with Gasteiger partial charge in [0.05, 0.1) is 11.4 Å². The number of halogens is 1. The predicted octanol–water partition coefficient (Wildman–Crippen LogP) is 1.10. The Morgan fingerprint density at radius 3 is 2.57 bits per heavy atom. The molecule has 0 saturated carbocycles. The van der Waals surface area contributed by atoms with Crippen molar-refractivity contribution in [1.82, 2.24) is 19.7 Å². The van der Waals surface area contributed by atoms with Crippen molar-refractivity contribution in [3.63, 3.8) is 0 Å². The van der Waals surface area contributed by atoms with Crippen LogP contribution in [0.4, 0.5) is 10.1 Å². The van der Waals surface area contributed by atoms with Gasteiger partial charge >= 0.3 is 0 Å². The van der Waals surface area contributed by atoms with E-state index >= 15 is 0 Å². The Balaban J connectivity index is 1.54. The van der Waals surface area contributed by atoms with Crippen molar-refractivity contribution in [3.8, 4) is 0 Å². The molecule has 9 nitrogen and oxygen atoms in total. The Hall–Kier alpha value is -2.66. The second kappa shape index (κ2) is 9.43. The first-order valence-electron chi connectivity index (χ1n) is 9.58. The predicted molar refractivity (Wildman–Crippen MR) is 113 cm³/mol. The molecule has 0 atom stereocenters. The molecule has 3 rings (SSSR count). The largest absolute Gasteiger partial charge is 0.375 e. The molecule has 1 aromatic heterocycles. The number of nitrogens with one attached hydrogen (secondary N) is 1. The van der Waals surface area contributed by atoms with Crippen LogP contribution in [-0.2, 0) is 22.3 Å². The van der Waals surface area contributed by atoms with E-state index in [4.69, 9.17) is 4.52 Å². The normalized spacial score (nSPS) is 16.0. The number of hydrogen-bond acceptors (Lipinski definition) is 6. The molecule has 30 heavy (non-hydrogen) atoms. The molecule has 1 N–H and O–H groups in total.